The largest absolute Gasteiger partial charge is 0.414 e. The second-order valence-electron chi connectivity index (χ2n) is 2.37. The van der Waals surface area contributed by atoms with E-state index >= 15 is 0 Å². The second kappa shape index (κ2) is 3.92. The average Bonchev–Trinajstić information content (AvgIpc) is 1.85. The molecule has 0 aliphatic heterocycles. The van der Waals surface area contributed by atoms with Crippen molar-refractivity contribution in [3.63, 3.8) is 0 Å². The van der Waals surface area contributed by atoms with Gasteiger partial charge in [0, 0.05) is 6.54 Å². The van der Waals surface area contributed by atoms with Crippen LogP contribution in [0.2, 0.25) is 0 Å². The van der Waals surface area contributed by atoms with Gasteiger partial charge in [0.25, 0.3) is 0 Å². The van der Waals surface area contributed by atoms with Gasteiger partial charge in [-0.3, -0.25) is 0 Å². The molecule has 11 heavy (non-hydrogen) atoms. The molecule has 0 saturated carbocycles. The van der Waals surface area contributed by atoms with E-state index in [0.717, 1.165) is 6.92 Å². The number of alkyl halides is 3. The Bertz CT molecular complexity index is 115. The van der Waals surface area contributed by atoms with Gasteiger partial charge in [0.1, 0.15) is 0 Å². The third kappa shape index (κ3) is 4.21. The van der Waals surface area contributed by atoms with E-state index < -0.39 is 18.4 Å². The normalized spacial score (nSPS) is 18.0. The van der Waals surface area contributed by atoms with Gasteiger partial charge in [0.05, 0.1) is 6.10 Å². The van der Waals surface area contributed by atoms with Crippen LogP contribution >= 0.6 is 0 Å². The molecule has 0 saturated heterocycles. The summed E-state index contributed by atoms with van der Waals surface area (Å²) in [5.41, 5.74) is 5.07. The van der Waals surface area contributed by atoms with Gasteiger partial charge in [0.2, 0.25) is 0 Å². The Morgan fingerprint density at radius 3 is 2.09 bits per heavy atom. The zero-order chi connectivity index (χ0) is 9.07. The van der Waals surface area contributed by atoms with E-state index in [9.17, 15) is 13.2 Å². The van der Waals surface area contributed by atoms with Crippen LogP contribution in [0.4, 0.5) is 13.2 Å². The van der Waals surface area contributed by atoms with Crippen molar-refractivity contribution in [2.24, 2.45) is 5.73 Å². The Hall–Kier alpha value is -0.290. The van der Waals surface area contributed by atoms with Crippen molar-refractivity contribution in [2.75, 3.05) is 6.54 Å². The maximum Gasteiger partial charge on any atom is 0.414 e. The summed E-state index contributed by atoms with van der Waals surface area (Å²) < 4.78 is 39.9. The number of halogens is 3. The molecule has 0 aromatic rings. The van der Waals surface area contributed by atoms with E-state index in [-0.39, 0.29) is 6.54 Å². The zero-order valence-corrected chi connectivity index (χ0v) is 6.48. The van der Waals surface area contributed by atoms with Crippen LogP contribution in [0.25, 0.3) is 0 Å². The lowest BCUT2D eigenvalue weighted by molar-refractivity contribution is -0.223. The third-order valence-corrected chi connectivity index (χ3v) is 1.23. The Balaban J connectivity index is 3.77. The average molecular weight is 171 g/mol. The number of hydrogen-bond acceptors (Lipinski definition) is 2. The lowest BCUT2D eigenvalue weighted by atomic mass is 10.3. The first-order chi connectivity index (χ1) is 4.88. The molecule has 0 bridgehead atoms. The molecule has 0 aromatic carbocycles. The van der Waals surface area contributed by atoms with Crippen LogP contribution in [0.1, 0.15) is 13.8 Å². The highest BCUT2D eigenvalue weighted by Crippen LogP contribution is 2.22. The molecule has 0 fully saturated rings. The standard InChI is InChI=1S/C6H12F3NO/c1-4(3-10)11-5(2)6(7,8)9/h4-5H,3,10H2,1-2H3. The molecule has 5 heteroatoms. The van der Waals surface area contributed by atoms with Crippen molar-refractivity contribution in [1.29, 1.82) is 0 Å². The van der Waals surface area contributed by atoms with E-state index in [1.807, 2.05) is 0 Å². The smallest absolute Gasteiger partial charge is 0.365 e. The van der Waals surface area contributed by atoms with Gasteiger partial charge in [0.15, 0.2) is 6.10 Å². The highest BCUT2D eigenvalue weighted by atomic mass is 19.4. The van der Waals surface area contributed by atoms with Crippen molar-refractivity contribution >= 4 is 0 Å². The zero-order valence-electron chi connectivity index (χ0n) is 6.48. The van der Waals surface area contributed by atoms with E-state index in [1.165, 1.54) is 6.92 Å². The molecule has 0 aliphatic carbocycles. The lowest BCUT2D eigenvalue weighted by Crippen LogP contribution is -2.34. The molecule has 0 heterocycles. The predicted octanol–water partition coefficient (Wildman–Crippen LogP) is 1.30. The summed E-state index contributed by atoms with van der Waals surface area (Å²) in [5.74, 6) is 0. The van der Waals surface area contributed by atoms with Crippen LogP contribution in [0.3, 0.4) is 0 Å². The van der Waals surface area contributed by atoms with Crippen LogP contribution in [-0.2, 0) is 4.74 Å². The van der Waals surface area contributed by atoms with Crippen LogP contribution in [0, 0.1) is 0 Å². The Labute approximate surface area is 63.5 Å². The summed E-state index contributed by atoms with van der Waals surface area (Å²) in [5, 5.41) is 0. The van der Waals surface area contributed by atoms with Crippen LogP contribution in [0.15, 0.2) is 0 Å². The van der Waals surface area contributed by atoms with Crippen molar-refractivity contribution in [3.05, 3.63) is 0 Å². The summed E-state index contributed by atoms with van der Waals surface area (Å²) >= 11 is 0. The van der Waals surface area contributed by atoms with Gasteiger partial charge in [-0.15, -0.1) is 0 Å². The fourth-order valence-corrected chi connectivity index (χ4v) is 0.481. The predicted molar refractivity (Wildman–Crippen MR) is 35.1 cm³/mol. The van der Waals surface area contributed by atoms with Gasteiger partial charge < -0.3 is 10.5 Å². The highest BCUT2D eigenvalue weighted by Gasteiger charge is 2.37. The fraction of sp³-hybridized carbons (Fsp3) is 1.00. The van der Waals surface area contributed by atoms with Gasteiger partial charge in [-0.1, -0.05) is 0 Å². The summed E-state index contributed by atoms with van der Waals surface area (Å²) in [6, 6.07) is 0. The maximum absolute atomic E-state index is 11.8. The molecule has 2 N–H and O–H groups in total. The number of rotatable bonds is 3. The van der Waals surface area contributed by atoms with Crippen molar-refractivity contribution in [1.82, 2.24) is 0 Å². The van der Waals surface area contributed by atoms with Crippen molar-refractivity contribution in [2.45, 2.75) is 32.2 Å². The molecular formula is C6H12F3NO. The van der Waals surface area contributed by atoms with Gasteiger partial charge in [-0.25, -0.2) is 0 Å². The number of hydrogen-bond donors (Lipinski definition) is 1. The maximum atomic E-state index is 11.8. The van der Waals surface area contributed by atoms with Crippen molar-refractivity contribution < 1.29 is 17.9 Å². The van der Waals surface area contributed by atoms with Crippen LogP contribution in [-0.4, -0.2) is 24.9 Å². The van der Waals surface area contributed by atoms with Crippen molar-refractivity contribution in [3.8, 4) is 0 Å². The summed E-state index contributed by atoms with van der Waals surface area (Å²) in [6.07, 6.45) is -6.57. The monoisotopic (exact) mass is 171 g/mol. The summed E-state index contributed by atoms with van der Waals surface area (Å²) in [6.45, 7) is 2.56. The minimum Gasteiger partial charge on any atom is -0.365 e. The quantitative estimate of drug-likeness (QED) is 0.694. The summed E-state index contributed by atoms with van der Waals surface area (Å²) in [4.78, 5) is 0. The fourth-order valence-electron chi connectivity index (χ4n) is 0.481. The number of nitrogens with two attached hydrogens (primary N) is 1. The Morgan fingerprint density at radius 2 is 1.82 bits per heavy atom. The van der Waals surface area contributed by atoms with Crippen LogP contribution in [0.5, 0.6) is 0 Å². The first-order valence-electron chi connectivity index (χ1n) is 3.30. The SMILES string of the molecule is CC(CN)OC(C)C(F)(F)F. The first-order valence-corrected chi connectivity index (χ1v) is 3.30. The molecule has 68 valence electrons. The van der Waals surface area contributed by atoms with E-state index in [2.05, 4.69) is 4.74 Å². The lowest BCUT2D eigenvalue weighted by Gasteiger charge is -2.19. The minimum absolute atomic E-state index is 0.0976. The molecule has 0 aliphatic rings. The highest BCUT2D eigenvalue weighted by molar-refractivity contribution is 4.63. The molecule has 2 atom stereocenters. The Morgan fingerprint density at radius 1 is 1.36 bits per heavy atom. The van der Waals surface area contributed by atoms with Crippen LogP contribution < -0.4 is 5.73 Å². The molecule has 0 spiro atoms. The van der Waals surface area contributed by atoms with Gasteiger partial charge in [-0.05, 0) is 13.8 Å². The van der Waals surface area contributed by atoms with E-state index in [4.69, 9.17) is 5.73 Å². The van der Waals surface area contributed by atoms with Gasteiger partial charge in [-0.2, -0.15) is 13.2 Å². The first kappa shape index (κ1) is 10.7. The van der Waals surface area contributed by atoms with Gasteiger partial charge >= 0.3 is 6.18 Å². The molecule has 0 amide bonds. The number of ether oxygens (including phenoxy) is 1. The van der Waals surface area contributed by atoms with E-state index in [1.54, 1.807) is 0 Å². The molecule has 0 radical (unpaired) electrons. The minimum atomic E-state index is -4.29. The molecule has 2 unspecified atom stereocenters. The molecule has 0 rings (SSSR count). The molecule has 2 nitrogen and oxygen atoms in total. The third-order valence-electron chi connectivity index (χ3n) is 1.23. The molecular weight excluding hydrogens is 159 g/mol. The van der Waals surface area contributed by atoms with E-state index in [0.29, 0.717) is 0 Å². The topological polar surface area (TPSA) is 35.2 Å². The second-order valence-corrected chi connectivity index (χ2v) is 2.37. The summed E-state index contributed by atoms with van der Waals surface area (Å²) in [7, 11) is 0. The Kier molecular flexibility index (Phi) is 3.82. The molecule has 0 aromatic heterocycles.